The maximum absolute atomic E-state index is 11.5. The number of hydrogen-bond acceptors (Lipinski definition) is 5. The van der Waals surface area contributed by atoms with Gasteiger partial charge in [0.2, 0.25) is 0 Å². The number of aromatic amines is 2. The topological polar surface area (TPSA) is 82.1 Å². The Kier molecular flexibility index (Phi) is 5.12. The molecule has 3 heterocycles. The lowest BCUT2D eigenvalue weighted by Crippen LogP contribution is -2.29. The summed E-state index contributed by atoms with van der Waals surface area (Å²) in [5, 5.41) is 2.06. The molecule has 0 radical (unpaired) electrons. The van der Waals surface area contributed by atoms with Crippen molar-refractivity contribution in [2.75, 3.05) is 6.54 Å². The predicted molar refractivity (Wildman–Crippen MR) is 93.3 cm³/mol. The Morgan fingerprint density at radius 3 is 2.71 bits per heavy atom. The quantitative estimate of drug-likeness (QED) is 0.688. The maximum atomic E-state index is 11.5. The SMILES string of the molecule is Cc1ccc(CN(CCc2cccs2)Cc2cc(=O)[nH]c(=O)[nH]2)o1. The van der Waals surface area contributed by atoms with Crippen molar-refractivity contribution in [3.05, 3.63) is 78.6 Å². The summed E-state index contributed by atoms with van der Waals surface area (Å²) in [6, 6.07) is 9.45. The number of aromatic nitrogens is 2. The van der Waals surface area contributed by atoms with Crippen molar-refractivity contribution in [1.29, 1.82) is 0 Å². The van der Waals surface area contributed by atoms with E-state index in [1.807, 2.05) is 25.1 Å². The Bertz CT molecular complexity index is 864. The second kappa shape index (κ2) is 7.46. The number of rotatable bonds is 7. The lowest BCUT2D eigenvalue weighted by atomic mass is 10.2. The van der Waals surface area contributed by atoms with E-state index in [1.54, 1.807) is 11.3 Å². The first-order valence-electron chi connectivity index (χ1n) is 7.71. The number of H-pyrrole nitrogens is 2. The number of nitrogens with zero attached hydrogens (tertiary/aromatic N) is 1. The van der Waals surface area contributed by atoms with Crippen LogP contribution in [0.2, 0.25) is 0 Å². The van der Waals surface area contributed by atoms with E-state index in [4.69, 9.17) is 4.42 Å². The van der Waals surface area contributed by atoms with Crippen LogP contribution in [0.25, 0.3) is 0 Å². The molecule has 0 unspecified atom stereocenters. The van der Waals surface area contributed by atoms with E-state index < -0.39 is 5.69 Å². The number of hydrogen-bond donors (Lipinski definition) is 2. The molecule has 0 aliphatic heterocycles. The molecule has 0 aromatic carbocycles. The lowest BCUT2D eigenvalue weighted by Gasteiger charge is -2.20. The summed E-state index contributed by atoms with van der Waals surface area (Å²) in [5.41, 5.74) is -0.274. The molecular weight excluding hydrogens is 326 g/mol. The van der Waals surface area contributed by atoms with E-state index in [0.29, 0.717) is 18.8 Å². The van der Waals surface area contributed by atoms with Crippen LogP contribution in [0.15, 0.2) is 49.7 Å². The second-order valence-corrected chi connectivity index (χ2v) is 6.70. The number of aryl methyl sites for hydroxylation is 1. The molecule has 3 aromatic rings. The van der Waals surface area contributed by atoms with Gasteiger partial charge in [0, 0.05) is 29.7 Å². The van der Waals surface area contributed by atoms with Crippen molar-refractivity contribution in [3.8, 4) is 0 Å². The van der Waals surface area contributed by atoms with Gasteiger partial charge in [0.15, 0.2) is 0 Å². The number of furan rings is 1. The van der Waals surface area contributed by atoms with Crippen molar-refractivity contribution in [3.63, 3.8) is 0 Å². The molecule has 7 heteroatoms. The molecular formula is C17H19N3O3S. The highest BCUT2D eigenvalue weighted by molar-refractivity contribution is 7.09. The van der Waals surface area contributed by atoms with Crippen LogP contribution in [-0.2, 0) is 19.5 Å². The summed E-state index contributed by atoms with van der Waals surface area (Å²) in [7, 11) is 0. The molecule has 126 valence electrons. The van der Waals surface area contributed by atoms with E-state index in [-0.39, 0.29) is 5.56 Å². The third-order valence-corrected chi connectivity index (χ3v) is 4.58. The molecule has 3 rings (SSSR count). The second-order valence-electron chi connectivity index (χ2n) is 5.67. The van der Waals surface area contributed by atoms with Crippen molar-refractivity contribution in [2.45, 2.75) is 26.4 Å². The Morgan fingerprint density at radius 2 is 2.04 bits per heavy atom. The zero-order valence-electron chi connectivity index (χ0n) is 13.4. The third kappa shape index (κ3) is 4.56. The summed E-state index contributed by atoms with van der Waals surface area (Å²) < 4.78 is 5.66. The average molecular weight is 345 g/mol. The van der Waals surface area contributed by atoms with Crippen LogP contribution in [0.4, 0.5) is 0 Å². The van der Waals surface area contributed by atoms with Gasteiger partial charge in [-0.3, -0.25) is 14.7 Å². The summed E-state index contributed by atoms with van der Waals surface area (Å²) in [6.45, 7) is 3.81. The van der Waals surface area contributed by atoms with Crippen LogP contribution in [0.3, 0.4) is 0 Å². The van der Waals surface area contributed by atoms with Crippen LogP contribution in [0.5, 0.6) is 0 Å². The molecule has 0 aliphatic carbocycles. The minimum atomic E-state index is -0.482. The Morgan fingerprint density at radius 1 is 1.17 bits per heavy atom. The van der Waals surface area contributed by atoms with E-state index in [0.717, 1.165) is 24.5 Å². The average Bonchev–Trinajstić information content (AvgIpc) is 3.15. The molecule has 0 saturated carbocycles. The van der Waals surface area contributed by atoms with Gasteiger partial charge in [0.05, 0.1) is 6.54 Å². The van der Waals surface area contributed by atoms with Crippen LogP contribution < -0.4 is 11.2 Å². The summed E-state index contributed by atoms with van der Waals surface area (Å²) >= 11 is 1.72. The van der Waals surface area contributed by atoms with Crippen molar-refractivity contribution < 1.29 is 4.42 Å². The van der Waals surface area contributed by atoms with Crippen LogP contribution in [0, 0.1) is 6.92 Å². The van der Waals surface area contributed by atoms with Crippen molar-refractivity contribution >= 4 is 11.3 Å². The van der Waals surface area contributed by atoms with Gasteiger partial charge in [-0.1, -0.05) is 6.07 Å². The van der Waals surface area contributed by atoms with Gasteiger partial charge in [0.1, 0.15) is 11.5 Å². The van der Waals surface area contributed by atoms with Gasteiger partial charge in [-0.05, 0) is 36.9 Å². The first-order valence-corrected chi connectivity index (χ1v) is 8.59. The largest absolute Gasteiger partial charge is 0.465 e. The van der Waals surface area contributed by atoms with E-state index in [1.165, 1.54) is 10.9 Å². The van der Waals surface area contributed by atoms with Gasteiger partial charge in [-0.2, -0.15) is 0 Å². The fourth-order valence-corrected chi connectivity index (χ4v) is 3.27. The Balaban J connectivity index is 1.74. The van der Waals surface area contributed by atoms with Crippen LogP contribution in [-0.4, -0.2) is 21.4 Å². The molecule has 0 aliphatic rings. The Labute approximate surface area is 142 Å². The molecule has 0 saturated heterocycles. The molecule has 0 fully saturated rings. The van der Waals surface area contributed by atoms with E-state index in [9.17, 15) is 9.59 Å². The smallest absolute Gasteiger partial charge is 0.325 e. The van der Waals surface area contributed by atoms with Gasteiger partial charge in [-0.15, -0.1) is 11.3 Å². The van der Waals surface area contributed by atoms with E-state index in [2.05, 4.69) is 26.3 Å². The minimum Gasteiger partial charge on any atom is -0.465 e. The monoisotopic (exact) mass is 345 g/mol. The molecule has 6 nitrogen and oxygen atoms in total. The van der Waals surface area contributed by atoms with Crippen LogP contribution in [0.1, 0.15) is 22.1 Å². The van der Waals surface area contributed by atoms with Gasteiger partial charge in [-0.25, -0.2) is 4.79 Å². The number of nitrogens with one attached hydrogen (secondary N) is 2. The zero-order valence-corrected chi connectivity index (χ0v) is 14.2. The van der Waals surface area contributed by atoms with Crippen LogP contribution >= 0.6 is 11.3 Å². The third-order valence-electron chi connectivity index (χ3n) is 3.64. The minimum absolute atomic E-state index is 0.388. The normalized spacial score (nSPS) is 11.2. The highest BCUT2D eigenvalue weighted by Gasteiger charge is 2.11. The summed E-state index contributed by atoms with van der Waals surface area (Å²) in [6.07, 6.45) is 0.908. The van der Waals surface area contributed by atoms with Gasteiger partial charge in [0.25, 0.3) is 5.56 Å². The predicted octanol–water partition coefficient (Wildman–Crippen LogP) is 2.27. The highest BCUT2D eigenvalue weighted by atomic mass is 32.1. The summed E-state index contributed by atoms with van der Waals surface area (Å²) in [5.74, 6) is 1.73. The first-order chi connectivity index (χ1) is 11.6. The Hall–Kier alpha value is -2.38. The molecule has 24 heavy (non-hydrogen) atoms. The van der Waals surface area contributed by atoms with Crippen molar-refractivity contribution in [1.82, 2.24) is 14.9 Å². The van der Waals surface area contributed by atoms with Crippen molar-refractivity contribution in [2.24, 2.45) is 0 Å². The molecule has 0 bridgehead atoms. The van der Waals surface area contributed by atoms with Gasteiger partial charge < -0.3 is 9.40 Å². The lowest BCUT2D eigenvalue weighted by molar-refractivity contribution is 0.234. The molecule has 0 amide bonds. The summed E-state index contributed by atoms with van der Waals surface area (Å²) in [4.78, 5) is 31.3. The highest BCUT2D eigenvalue weighted by Crippen LogP contribution is 2.14. The molecule has 0 spiro atoms. The fraction of sp³-hybridized carbons (Fsp3) is 0.294. The maximum Gasteiger partial charge on any atom is 0.325 e. The molecule has 3 aromatic heterocycles. The molecule has 0 atom stereocenters. The first kappa shape index (κ1) is 16.5. The number of thiophene rings is 1. The van der Waals surface area contributed by atoms with Gasteiger partial charge >= 0.3 is 5.69 Å². The standard InChI is InChI=1S/C17H19N3O3S/c1-12-4-5-14(23-12)11-20(7-6-15-3-2-8-24-15)10-13-9-16(21)19-17(22)18-13/h2-5,8-9H,6-7,10-11H2,1H3,(H2,18,19,21,22). The van der Waals surface area contributed by atoms with E-state index >= 15 is 0 Å². The molecule has 2 N–H and O–H groups in total. The fourth-order valence-electron chi connectivity index (χ4n) is 2.57. The zero-order chi connectivity index (χ0) is 16.9.